The van der Waals surface area contributed by atoms with Gasteiger partial charge in [0.1, 0.15) is 10.7 Å². The molecule has 4 nitrogen and oxygen atoms in total. The molecule has 2 N–H and O–H groups in total. The molecular formula is C12H18F2N2O2S2. The van der Waals surface area contributed by atoms with Crippen molar-refractivity contribution in [3.05, 3.63) is 29.3 Å². The van der Waals surface area contributed by atoms with Crippen molar-refractivity contribution >= 4 is 21.8 Å². The van der Waals surface area contributed by atoms with Crippen molar-refractivity contribution in [3.8, 4) is 0 Å². The minimum Gasteiger partial charge on any atom is -0.315 e. The first-order valence-electron chi connectivity index (χ1n) is 6.04. The average molecular weight is 324 g/mol. The van der Waals surface area contributed by atoms with Gasteiger partial charge in [0.25, 0.3) is 0 Å². The van der Waals surface area contributed by atoms with Crippen LogP contribution in [-0.4, -0.2) is 34.0 Å². The maximum absolute atomic E-state index is 14.1. The second kappa shape index (κ2) is 7.92. The fraction of sp³-hybridized carbons (Fsp3) is 0.500. The van der Waals surface area contributed by atoms with Crippen molar-refractivity contribution in [1.29, 1.82) is 0 Å². The zero-order valence-corrected chi connectivity index (χ0v) is 13.0. The maximum atomic E-state index is 14.1. The summed E-state index contributed by atoms with van der Waals surface area (Å²) in [6.07, 6.45) is 2.56. The monoisotopic (exact) mass is 324 g/mol. The smallest absolute Gasteiger partial charge is 0.243 e. The molecule has 1 aromatic rings. The highest BCUT2D eigenvalue weighted by atomic mass is 32.2. The summed E-state index contributed by atoms with van der Waals surface area (Å²) >= 11 is 1.60. The van der Waals surface area contributed by atoms with Gasteiger partial charge in [-0.25, -0.2) is 21.9 Å². The molecule has 0 fully saturated rings. The van der Waals surface area contributed by atoms with Crippen LogP contribution in [0.2, 0.25) is 0 Å². The van der Waals surface area contributed by atoms with Gasteiger partial charge in [-0.1, -0.05) is 0 Å². The molecule has 0 bridgehead atoms. The third kappa shape index (κ3) is 4.41. The largest absolute Gasteiger partial charge is 0.315 e. The first kappa shape index (κ1) is 17.4. The Kier molecular flexibility index (Phi) is 6.87. The van der Waals surface area contributed by atoms with Crippen LogP contribution in [0, 0.1) is 11.6 Å². The first-order valence-corrected chi connectivity index (χ1v) is 8.91. The molecule has 0 heterocycles. The molecule has 20 heavy (non-hydrogen) atoms. The molecule has 0 aliphatic carbocycles. The lowest BCUT2D eigenvalue weighted by molar-refractivity contribution is 0.518. The highest BCUT2D eigenvalue weighted by Gasteiger charge is 2.22. The average Bonchev–Trinajstić information content (AvgIpc) is 2.39. The number of benzene rings is 1. The van der Waals surface area contributed by atoms with Gasteiger partial charge < -0.3 is 5.32 Å². The lowest BCUT2D eigenvalue weighted by atomic mass is 10.2. The zero-order chi connectivity index (χ0) is 15.2. The number of rotatable bonds is 8. The molecule has 1 aromatic carbocycles. The van der Waals surface area contributed by atoms with Gasteiger partial charge in [0.15, 0.2) is 5.82 Å². The molecule has 0 saturated heterocycles. The number of sulfonamides is 1. The van der Waals surface area contributed by atoms with E-state index in [4.69, 9.17) is 0 Å². The Bertz CT molecular complexity index is 551. The number of hydrogen-bond acceptors (Lipinski definition) is 4. The Labute approximate surface area is 122 Å². The van der Waals surface area contributed by atoms with E-state index in [0.29, 0.717) is 6.42 Å². The summed E-state index contributed by atoms with van der Waals surface area (Å²) in [5.74, 6) is -1.01. The normalized spacial score (nSPS) is 11.8. The molecule has 0 amide bonds. The molecule has 0 aliphatic heterocycles. The van der Waals surface area contributed by atoms with Gasteiger partial charge in [0.05, 0.1) is 0 Å². The van der Waals surface area contributed by atoms with Gasteiger partial charge in [-0.05, 0) is 37.6 Å². The van der Waals surface area contributed by atoms with Crippen molar-refractivity contribution in [2.24, 2.45) is 0 Å². The zero-order valence-electron chi connectivity index (χ0n) is 11.4. The van der Waals surface area contributed by atoms with Crippen LogP contribution in [0.15, 0.2) is 17.0 Å². The maximum Gasteiger partial charge on any atom is 0.243 e. The summed E-state index contributed by atoms with van der Waals surface area (Å²) in [6, 6.07) is 1.91. The Morgan fingerprint density at radius 2 is 2.00 bits per heavy atom. The van der Waals surface area contributed by atoms with E-state index < -0.39 is 26.6 Å². The van der Waals surface area contributed by atoms with Crippen LogP contribution in [0.1, 0.15) is 12.0 Å². The lowest BCUT2D eigenvalue weighted by Crippen LogP contribution is -2.27. The van der Waals surface area contributed by atoms with E-state index in [2.05, 4.69) is 10.0 Å². The highest BCUT2D eigenvalue weighted by molar-refractivity contribution is 7.98. The fourth-order valence-corrected chi connectivity index (χ4v) is 3.23. The van der Waals surface area contributed by atoms with Gasteiger partial charge in [0.2, 0.25) is 10.0 Å². The number of halogens is 2. The van der Waals surface area contributed by atoms with Gasteiger partial charge >= 0.3 is 0 Å². The van der Waals surface area contributed by atoms with Crippen molar-refractivity contribution in [1.82, 2.24) is 10.0 Å². The molecule has 0 spiro atoms. The van der Waals surface area contributed by atoms with Crippen LogP contribution < -0.4 is 10.0 Å². The second-order valence-electron chi connectivity index (χ2n) is 4.11. The minimum atomic E-state index is -3.96. The Morgan fingerprint density at radius 3 is 2.60 bits per heavy atom. The van der Waals surface area contributed by atoms with Gasteiger partial charge in [-0.15, -0.1) is 0 Å². The van der Waals surface area contributed by atoms with Crippen LogP contribution in [0.3, 0.4) is 0 Å². The summed E-state index contributed by atoms with van der Waals surface area (Å²) < 4.78 is 53.8. The summed E-state index contributed by atoms with van der Waals surface area (Å²) in [5, 5.41) is 2.61. The van der Waals surface area contributed by atoms with Crippen molar-refractivity contribution < 1.29 is 17.2 Å². The van der Waals surface area contributed by atoms with Crippen LogP contribution >= 0.6 is 11.8 Å². The van der Waals surface area contributed by atoms with E-state index in [1.807, 2.05) is 6.26 Å². The number of thioether (sulfide) groups is 1. The molecule has 0 radical (unpaired) electrons. The van der Waals surface area contributed by atoms with E-state index in [0.717, 1.165) is 17.9 Å². The lowest BCUT2D eigenvalue weighted by Gasteiger charge is -2.11. The predicted molar refractivity (Wildman–Crippen MR) is 77.3 cm³/mol. The van der Waals surface area contributed by atoms with Crippen molar-refractivity contribution in [2.45, 2.75) is 17.9 Å². The summed E-state index contributed by atoms with van der Waals surface area (Å²) in [7, 11) is -2.43. The van der Waals surface area contributed by atoms with Crippen molar-refractivity contribution in [2.75, 3.05) is 25.6 Å². The van der Waals surface area contributed by atoms with E-state index >= 15 is 0 Å². The Hall–Kier alpha value is -0.700. The molecule has 0 aromatic heterocycles. The highest BCUT2D eigenvalue weighted by Crippen LogP contribution is 2.20. The summed E-state index contributed by atoms with van der Waals surface area (Å²) in [4.78, 5) is -0.520. The quantitative estimate of drug-likeness (QED) is 0.715. The SMILES string of the molecule is CNCc1c(F)ccc(S(=O)(=O)NCCCSC)c1F. The van der Waals surface area contributed by atoms with Crippen LogP contribution in [-0.2, 0) is 16.6 Å². The number of nitrogens with one attached hydrogen (secondary N) is 2. The second-order valence-corrected chi connectivity index (χ2v) is 6.83. The fourth-order valence-electron chi connectivity index (χ4n) is 1.62. The standard InChI is InChI=1S/C12H18F2N2O2S2/c1-15-8-9-10(13)4-5-11(12(9)14)20(17,18)16-6-3-7-19-2/h4-5,15-16H,3,6-8H2,1-2H3. The van der Waals surface area contributed by atoms with E-state index in [1.54, 1.807) is 11.8 Å². The molecule has 0 aliphatic rings. The van der Waals surface area contributed by atoms with Crippen LogP contribution in [0.25, 0.3) is 0 Å². The van der Waals surface area contributed by atoms with Gasteiger partial charge in [0, 0.05) is 18.7 Å². The van der Waals surface area contributed by atoms with E-state index in [9.17, 15) is 17.2 Å². The van der Waals surface area contributed by atoms with E-state index in [-0.39, 0.29) is 18.7 Å². The van der Waals surface area contributed by atoms with Gasteiger partial charge in [-0.3, -0.25) is 0 Å². The van der Waals surface area contributed by atoms with Crippen LogP contribution in [0.5, 0.6) is 0 Å². The molecule has 114 valence electrons. The minimum absolute atomic E-state index is 0.0759. The van der Waals surface area contributed by atoms with E-state index in [1.165, 1.54) is 7.05 Å². The molecule has 0 atom stereocenters. The third-order valence-electron chi connectivity index (χ3n) is 2.61. The molecule has 0 saturated carbocycles. The summed E-state index contributed by atoms with van der Waals surface area (Å²) in [6.45, 7) is 0.148. The first-order chi connectivity index (χ1) is 9.44. The number of hydrogen-bond donors (Lipinski definition) is 2. The van der Waals surface area contributed by atoms with Gasteiger partial charge in [-0.2, -0.15) is 11.8 Å². The van der Waals surface area contributed by atoms with Crippen LogP contribution in [0.4, 0.5) is 8.78 Å². The summed E-state index contributed by atoms with van der Waals surface area (Å²) in [5.41, 5.74) is -0.278. The molecule has 8 heteroatoms. The topological polar surface area (TPSA) is 58.2 Å². The van der Waals surface area contributed by atoms with Crippen molar-refractivity contribution in [3.63, 3.8) is 0 Å². The molecule has 0 unspecified atom stereocenters. The molecular weight excluding hydrogens is 306 g/mol. The predicted octanol–water partition coefficient (Wildman–Crippen LogP) is 1.72. The third-order valence-corrected chi connectivity index (χ3v) is 4.79. The Morgan fingerprint density at radius 1 is 1.30 bits per heavy atom. The Balaban J connectivity index is 2.97. The molecule has 1 rings (SSSR count).